The molecule has 0 radical (unpaired) electrons. The van der Waals surface area contributed by atoms with Gasteiger partial charge in [0.1, 0.15) is 5.75 Å². The first-order chi connectivity index (χ1) is 13.7. The Kier molecular flexibility index (Phi) is 7.64. The molecule has 1 saturated heterocycles. The maximum absolute atomic E-state index is 12.2. The van der Waals surface area contributed by atoms with E-state index >= 15 is 0 Å². The second kappa shape index (κ2) is 10.6. The van der Waals surface area contributed by atoms with Crippen molar-refractivity contribution in [3.8, 4) is 5.75 Å². The minimum absolute atomic E-state index is 0.0405. The molecule has 1 heterocycles. The number of likely N-dealkylation sites (tertiary alicyclic amines) is 1. The van der Waals surface area contributed by atoms with Gasteiger partial charge in [0.25, 0.3) is 0 Å². The first kappa shape index (κ1) is 20.1. The van der Waals surface area contributed by atoms with E-state index in [1.54, 1.807) is 13.2 Å². The van der Waals surface area contributed by atoms with Crippen molar-refractivity contribution in [3.05, 3.63) is 71.8 Å². The number of carbonyl (C=O) groups excluding carboxylic acids is 1. The predicted octanol–water partition coefficient (Wildman–Crippen LogP) is 3.46. The lowest BCUT2D eigenvalue weighted by Gasteiger charge is -2.32. The van der Waals surface area contributed by atoms with Crippen LogP contribution in [0.1, 0.15) is 24.0 Å². The molecule has 0 aromatic heterocycles. The molecule has 0 spiro atoms. The monoisotopic (exact) mass is 380 g/mol. The zero-order valence-electron chi connectivity index (χ0n) is 16.3. The van der Waals surface area contributed by atoms with Crippen molar-refractivity contribution in [2.45, 2.75) is 25.4 Å². The number of benzene rings is 2. The number of hydrogen-bond acceptors (Lipinski definition) is 4. The minimum atomic E-state index is -0.0405. The Balaban J connectivity index is 1.40. The van der Waals surface area contributed by atoms with Gasteiger partial charge in [0.05, 0.1) is 0 Å². The number of rotatable bonds is 8. The van der Waals surface area contributed by atoms with Crippen LogP contribution in [0.4, 0.5) is 0 Å². The second-order valence-corrected chi connectivity index (χ2v) is 7.00. The number of nitrogens with one attached hydrogen (secondary N) is 1. The van der Waals surface area contributed by atoms with E-state index in [2.05, 4.69) is 34.5 Å². The van der Waals surface area contributed by atoms with Crippen LogP contribution in [0.25, 0.3) is 6.08 Å². The smallest absolute Gasteiger partial charge is 0.244 e. The highest BCUT2D eigenvalue weighted by molar-refractivity contribution is 5.91. The largest absolute Gasteiger partial charge is 0.468 e. The molecule has 28 heavy (non-hydrogen) atoms. The number of amides is 1. The topological polar surface area (TPSA) is 50.8 Å². The lowest BCUT2D eigenvalue weighted by Crippen LogP contribution is -2.43. The molecule has 0 aliphatic carbocycles. The van der Waals surface area contributed by atoms with Crippen LogP contribution in [0.3, 0.4) is 0 Å². The van der Waals surface area contributed by atoms with Crippen LogP contribution in [0.5, 0.6) is 5.75 Å². The van der Waals surface area contributed by atoms with Gasteiger partial charge in [-0.25, -0.2) is 0 Å². The molecule has 1 amide bonds. The Morgan fingerprint density at radius 1 is 1.11 bits per heavy atom. The Hall–Kier alpha value is -2.63. The predicted molar refractivity (Wildman–Crippen MR) is 111 cm³/mol. The van der Waals surface area contributed by atoms with Gasteiger partial charge in [0.2, 0.25) is 5.91 Å². The fraction of sp³-hybridized carbons (Fsp3) is 0.348. The molecule has 0 unspecified atom stereocenters. The summed E-state index contributed by atoms with van der Waals surface area (Å²) < 4.78 is 10.2. The molecule has 1 aliphatic heterocycles. The maximum Gasteiger partial charge on any atom is 0.244 e. The number of methoxy groups -OCH3 is 1. The Labute approximate surface area is 167 Å². The molecule has 1 fully saturated rings. The van der Waals surface area contributed by atoms with Gasteiger partial charge in [-0.3, -0.25) is 9.69 Å². The van der Waals surface area contributed by atoms with Crippen molar-refractivity contribution in [2.75, 3.05) is 27.0 Å². The van der Waals surface area contributed by atoms with Gasteiger partial charge in [-0.1, -0.05) is 42.5 Å². The maximum atomic E-state index is 12.2. The molecule has 1 N–H and O–H groups in total. The number of carbonyl (C=O) groups is 1. The van der Waals surface area contributed by atoms with Crippen LogP contribution < -0.4 is 10.1 Å². The van der Waals surface area contributed by atoms with Crippen LogP contribution in [0, 0.1) is 0 Å². The summed E-state index contributed by atoms with van der Waals surface area (Å²) >= 11 is 0. The van der Waals surface area contributed by atoms with Crippen molar-refractivity contribution in [1.82, 2.24) is 10.2 Å². The lowest BCUT2D eigenvalue weighted by atomic mass is 10.0. The molecule has 5 nitrogen and oxygen atoms in total. The quantitative estimate of drug-likeness (QED) is 0.563. The van der Waals surface area contributed by atoms with Gasteiger partial charge in [-0.05, 0) is 42.2 Å². The average Bonchev–Trinajstić information content (AvgIpc) is 2.74. The second-order valence-electron chi connectivity index (χ2n) is 7.00. The molecular weight excluding hydrogens is 352 g/mol. The van der Waals surface area contributed by atoms with Crippen LogP contribution in [0.2, 0.25) is 0 Å². The molecule has 2 aromatic rings. The van der Waals surface area contributed by atoms with Crippen molar-refractivity contribution < 1.29 is 14.3 Å². The molecule has 0 atom stereocenters. The fourth-order valence-corrected chi connectivity index (χ4v) is 3.30. The van der Waals surface area contributed by atoms with Crippen LogP contribution >= 0.6 is 0 Å². The van der Waals surface area contributed by atoms with E-state index in [1.165, 1.54) is 5.56 Å². The third-order valence-electron chi connectivity index (χ3n) is 4.83. The van der Waals surface area contributed by atoms with E-state index in [4.69, 9.17) is 9.47 Å². The van der Waals surface area contributed by atoms with Gasteiger partial charge >= 0.3 is 0 Å². The summed E-state index contributed by atoms with van der Waals surface area (Å²) in [6.45, 7) is 3.21. The number of hydrogen-bond donors (Lipinski definition) is 1. The molecule has 5 heteroatoms. The zero-order chi connectivity index (χ0) is 19.6. The van der Waals surface area contributed by atoms with Crippen LogP contribution in [-0.4, -0.2) is 43.8 Å². The summed E-state index contributed by atoms with van der Waals surface area (Å²) in [4.78, 5) is 14.7. The summed E-state index contributed by atoms with van der Waals surface area (Å²) in [6.07, 6.45) is 5.39. The standard InChI is InChI=1S/C23H28N2O3/c1-27-18-28-22-10-7-19(8-11-22)9-12-23(26)24-21-13-15-25(16-14-21)17-20-5-3-2-4-6-20/h2-12,21H,13-18H2,1H3,(H,24,26)/b12-9+. The summed E-state index contributed by atoms with van der Waals surface area (Å²) in [5.41, 5.74) is 2.30. The highest BCUT2D eigenvalue weighted by Crippen LogP contribution is 2.15. The number of nitrogens with zero attached hydrogens (tertiary/aromatic N) is 1. The molecule has 1 aliphatic rings. The van der Waals surface area contributed by atoms with Crippen molar-refractivity contribution in [1.29, 1.82) is 0 Å². The Bertz CT molecular complexity index is 751. The van der Waals surface area contributed by atoms with E-state index in [-0.39, 0.29) is 18.7 Å². The van der Waals surface area contributed by atoms with Gasteiger partial charge < -0.3 is 14.8 Å². The molecule has 0 bridgehead atoms. The third kappa shape index (κ3) is 6.51. The summed E-state index contributed by atoms with van der Waals surface area (Å²) in [5.74, 6) is 0.701. The van der Waals surface area contributed by atoms with Crippen molar-refractivity contribution >= 4 is 12.0 Å². The lowest BCUT2D eigenvalue weighted by molar-refractivity contribution is -0.117. The van der Waals surface area contributed by atoms with Gasteiger partial charge in [0.15, 0.2) is 6.79 Å². The van der Waals surface area contributed by atoms with E-state index in [1.807, 2.05) is 36.4 Å². The van der Waals surface area contributed by atoms with Crippen LogP contribution in [-0.2, 0) is 16.1 Å². The van der Waals surface area contributed by atoms with Gasteiger partial charge in [0, 0.05) is 38.9 Å². The Morgan fingerprint density at radius 3 is 2.50 bits per heavy atom. The van der Waals surface area contributed by atoms with Gasteiger partial charge in [-0.2, -0.15) is 0 Å². The molecule has 148 valence electrons. The SMILES string of the molecule is COCOc1ccc(/C=C/C(=O)NC2CCN(Cc3ccccc3)CC2)cc1. The Morgan fingerprint density at radius 2 is 1.82 bits per heavy atom. The highest BCUT2D eigenvalue weighted by Gasteiger charge is 2.19. The molecular formula is C23H28N2O3. The third-order valence-corrected chi connectivity index (χ3v) is 4.83. The number of ether oxygens (including phenoxy) is 2. The molecule has 2 aromatic carbocycles. The molecule has 3 rings (SSSR count). The van der Waals surface area contributed by atoms with E-state index in [9.17, 15) is 4.79 Å². The first-order valence-corrected chi connectivity index (χ1v) is 9.69. The van der Waals surface area contributed by atoms with E-state index in [0.29, 0.717) is 0 Å². The fourth-order valence-electron chi connectivity index (χ4n) is 3.30. The van der Waals surface area contributed by atoms with Crippen LogP contribution in [0.15, 0.2) is 60.7 Å². The van der Waals surface area contributed by atoms with Crippen molar-refractivity contribution in [3.63, 3.8) is 0 Å². The average molecular weight is 380 g/mol. The normalized spacial score (nSPS) is 15.6. The van der Waals surface area contributed by atoms with E-state index in [0.717, 1.165) is 43.8 Å². The zero-order valence-corrected chi connectivity index (χ0v) is 16.3. The highest BCUT2D eigenvalue weighted by atomic mass is 16.7. The summed E-state index contributed by atoms with van der Waals surface area (Å²) in [6, 6.07) is 18.3. The molecule has 0 saturated carbocycles. The van der Waals surface area contributed by atoms with E-state index < -0.39 is 0 Å². The first-order valence-electron chi connectivity index (χ1n) is 9.69. The summed E-state index contributed by atoms with van der Waals surface area (Å²) in [7, 11) is 1.59. The van der Waals surface area contributed by atoms with Crippen molar-refractivity contribution in [2.24, 2.45) is 0 Å². The summed E-state index contributed by atoms with van der Waals surface area (Å²) in [5, 5.41) is 3.12. The number of piperidine rings is 1. The minimum Gasteiger partial charge on any atom is -0.468 e. The van der Waals surface area contributed by atoms with Gasteiger partial charge in [-0.15, -0.1) is 0 Å².